The van der Waals surface area contributed by atoms with E-state index >= 15 is 0 Å². The van der Waals surface area contributed by atoms with Crippen LogP contribution in [0.1, 0.15) is 10.4 Å². The minimum Gasteiger partial charge on any atom is -0.452 e. The van der Waals surface area contributed by atoms with Crippen molar-refractivity contribution < 1.29 is 19.2 Å². The zero-order valence-electron chi connectivity index (χ0n) is 15.0. The molecule has 0 aliphatic carbocycles. The Balaban J connectivity index is 1.66. The third-order valence-electron chi connectivity index (χ3n) is 4.00. The molecule has 0 aliphatic heterocycles. The molecule has 1 N–H and O–H groups in total. The number of nitrogens with zero attached hydrogens (tertiary/aromatic N) is 1. The zero-order chi connectivity index (χ0) is 20.8. The summed E-state index contributed by atoms with van der Waals surface area (Å²) in [7, 11) is 0. The van der Waals surface area contributed by atoms with Crippen LogP contribution in [0.2, 0.25) is 5.02 Å². The molecule has 0 unspecified atom stereocenters. The van der Waals surface area contributed by atoms with Gasteiger partial charge in [0.1, 0.15) is 0 Å². The SMILES string of the molecule is O=C(COC(=O)c1ccccc1-c1ccccc1)Nc1ccc([N+](=O)[O-])cc1Cl. The first-order valence-electron chi connectivity index (χ1n) is 8.51. The number of halogens is 1. The number of amides is 1. The lowest BCUT2D eigenvalue weighted by Gasteiger charge is -2.10. The fourth-order valence-corrected chi connectivity index (χ4v) is 2.87. The molecule has 0 aliphatic rings. The first-order chi connectivity index (χ1) is 14.0. The standard InChI is InChI=1S/C21H15ClN2O5/c22-18-12-15(24(27)28)10-11-19(18)23-20(25)13-29-21(26)17-9-5-4-8-16(17)14-6-2-1-3-7-14/h1-12H,13H2,(H,23,25). The molecule has 0 radical (unpaired) electrons. The van der Waals surface area contributed by atoms with Gasteiger partial charge in [0, 0.05) is 12.1 Å². The maximum Gasteiger partial charge on any atom is 0.339 e. The lowest BCUT2D eigenvalue weighted by molar-refractivity contribution is -0.384. The van der Waals surface area contributed by atoms with Gasteiger partial charge in [0.15, 0.2) is 6.61 Å². The van der Waals surface area contributed by atoms with Gasteiger partial charge in [-0.3, -0.25) is 14.9 Å². The number of anilines is 1. The van der Waals surface area contributed by atoms with E-state index in [1.807, 2.05) is 36.4 Å². The van der Waals surface area contributed by atoms with Crippen molar-refractivity contribution in [2.24, 2.45) is 0 Å². The van der Waals surface area contributed by atoms with Gasteiger partial charge in [-0.05, 0) is 23.3 Å². The molecule has 1 amide bonds. The summed E-state index contributed by atoms with van der Waals surface area (Å²) in [5.41, 5.74) is 1.86. The van der Waals surface area contributed by atoms with Crippen molar-refractivity contribution in [3.05, 3.63) is 93.5 Å². The second kappa shape index (κ2) is 8.99. The molecule has 3 rings (SSSR count). The first kappa shape index (κ1) is 20.0. The van der Waals surface area contributed by atoms with Crippen molar-refractivity contribution in [1.29, 1.82) is 0 Å². The van der Waals surface area contributed by atoms with Gasteiger partial charge in [-0.2, -0.15) is 0 Å². The van der Waals surface area contributed by atoms with E-state index in [1.165, 1.54) is 12.1 Å². The van der Waals surface area contributed by atoms with Crippen LogP contribution in [0.4, 0.5) is 11.4 Å². The molecular formula is C21H15ClN2O5. The number of benzene rings is 3. The highest BCUT2D eigenvalue weighted by molar-refractivity contribution is 6.34. The number of esters is 1. The summed E-state index contributed by atoms with van der Waals surface area (Å²) in [6.07, 6.45) is 0. The number of nitro benzene ring substituents is 1. The molecule has 146 valence electrons. The predicted molar refractivity (Wildman–Crippen MR) is 109 cm³/mol. The number of carbonyl (C=O) groups is 2. The van der Waals surface area contributed by atoms with Crippen LogP contribution in [0, 0.1) is 10.1 Å². The quantitative estimate of drug-likeness (QED) is 0.360. The highest BCUT2D eigenvalue weighted by Crippen LogP contribution is 2.27. The van der Waals surface area contributed by atoms with E-state index < -0.39 is 23.4 Å². The zero-order valence-corrected chi connectivity index (χ0v) is 15.8. The molecule has 0 bridgehead atoms. The Morgan fingerprint density at radius 2 is 1.69 bits per heavy atom. The Bertz CT molecular complexity index is 1070. The van der Waals surface area contributed by atoms with Crippen LogP contribution in [-0.2, 0) is 9.53 Å². The molecule has 7 nitrogen and oxygen atoms in total. The lowest BCUT2D eigenvalue weighted by Crippen LogP contribution is -2.21. The number of ether oxygens (including phenoxy) is 1. The number of non-ortho nitro benzene ring substituents is 1. The van der Waals surface area contributed by atoms with E-state index in [0.717, 1.165) is 11.6 Å². The molecule has 3 aromatic rings. The number of hydrogen-bond donors (Lipinski definition) is 1. The van der Waals surface area contributed by atoms with E-state index in [9.17, 15) is 19.7 Å². The summed E-state index contributed by atoms with van der Waals surface area (Å²) in [5, 5.41) is 13.2. The van der Waals surface area contributed by atoms with E-state index in [1.54, 1.807) is 18.2 Å². The molecular weight excluding hydrogens is 396 g/mol. The average Bonchev–Trinajstić information content (AvgIpc) is 2.74. The number of hydrogen-bond acceptors (Lipinski definition) is 5. The molecule has 0 heterocycles. The van der Waals surface area contributed by atoms with Gasteiger partial charge in [-0.15, -0.1) is 0 Å². The highest BCUT2D eigenvalue weighted by atomic mass is 35.5. The van der Waals surface area contributed by atoms with Crippen molar-refractivity contribution in [1.82, 2.24) is 0 Å². The number of nitrogens with one attached hydrogen (secondary N) is 1. The summed E-state index contributed by atoms with van der Waals surface area (Å²) >= 11 is 5.94. The Kier molecular flexibility index (Phi) is 6.21. The normalized spacial score (nSPS) is 10.2. The third kappa shape index (κ3) is 4.97. The van der Waals surface area contributed by atoms with Crippen LogP contribution >= 0.6 is 11.6 Å². The largest absolute Gasteiger partial charge is 0.452 e. The lowest BCUT2D eigenvalue weighted by atomic mass is 10.00. The topological polar surface area (TPSA) is 98.5 Å². The molecule has 0 saturated heterocycles. The molecule has 0 aromatic heterocycles. The van der Waals surface area contributed by atoms with Crippen molar-refractivity contribution in [2.45, 2.75) is 0 Å². The molecule has 3 aromatic carbocycles. The Morgan fingerprint density at radius 3 is 2.38 bits per heavy atom. The van der Waals surface area contributed by atoms with Crippen LogP contribution in [0.25, 0.3) is 11.1 Å². The van der Waals surface area contributed by atoms with Gasteiger partial charge in [0.05, 0.1) is 21.2 Å². The highest BCUT2D eigenvalue weighted by Gasteiger charge is 2.16. The molecule has 29 heavy (non-hydrogen) atoms. The first-order valence-corrected chi connectivity index (χ1v) is 8.89. The third-order valence-corrected chi connectivity index (χ3v) is 4.32. The summed E-state index contributed by atoms with van der Waals surface area (Å²) in [4.78, 5) is 34.7. The monoisotopic (exact) mass is 410 g/mol. The average molecular weight is 411 g/mol. The van der Waals surface area contributed by atoms with Crippen molar-refractivity contribution in [3.8, 4) is 11.1 Å². The smallest absolute Gasteiger partial charge is 0.339 e. The summed E-state index contributed by atoms with van der Waals surface area (Å²) < 4.78 is 5.12. The van der Waals surface area contributed by atoms with Gasteiger partial charge in [0.2, 0.25) is 0 Å². The maximum absolute atomic E-state index is 12.5. The molecule has 0 fully saturated rings. The Labute approximate surface area is 171 Å². The number of nitro groups is 1. The van der Waals surface area contributed by atoms with Crippen LogP contribution in [0.3, 0.4) is 0 Å². The van der Waals surface area contributed by atoms with Gasteiger partial charge < -0.3 is 10.1 Å². The van der Waals surface area contributed by atoms with E-state index in [-0.39, 0.29) is 16.4 Å². The molecule has 0 saturated carbocycles. The minimum atomic E-state index is -0.644. The van der Waals surface area contributed by atoms with Crippen molar-refractivity contribution in [2.75, 3.05) is 11.9 Å². The minimum absolute atomic E-state index is 0.00768. The molecule has 0 atom stereocenters. The van der Waals surface area contributed by atoms with Crippen LogP contribution in [0.15, 0.2) is 72.8 Å². The Hall–Kier alpha value is -3.71. The van der Waals surface area contributed by atoms with Gasteiger partial charge in [-0.25, -0.2) is 4.79 Å². The van der Waals surface area contributed by atoms with E-state index in [4.69, 9.17) is 16.3 Å². The second-order valence-corrected chi connectivity index (χ2v) is 6.36. The number of carbonyl (C=O) groups excluding carboxylic acids is 2. The predicted octanol–water partition coefficient (Wildman–Crippen LogP) is 4.71. The summed E-state index contributed by atoms with van der Waals surface area (Å²) in [6.45, 7) is -0.532. The summed E-state index contributed by atoms with van der Waals surface area (Å²) in [5.74, 6) is -1.26. The van der Waals surface area contributed by atoms with Crippen LogP contribution in [0.5, 0.6) is 0 Å². The van der Waals surface area contributed by atoms with Crippen LogP contribution < -0.4 is 5.32 Å². The fourth-order valence-electron chi connectivity index (χ4n) is 2.64. The van der Waals surface area contributed by atoms with Gasteiger partial charge in [-0.1, -0.05) is 60.1 Å². The molecule has 8 heteroatoms. The van der Waals surface area contributed by atoms with Gasteiger partial charge in [0.25, 0.3) is 11.6 Å². The number of rotatable bonds is 6. The fraction of sp³-hybridized carbons (Fsp3) is 0.0476. The van der Waals surface area contributed by atoms with E-state index in [2.05, 4.69) is 5.32 Å². The van der Waals surface area contributed by atoms with Crippen molar-refractivity contribution in [3.63, 3.8) is 0 Å². The van der Waals surface area contributed by atoms with Crippen molar-refractivity contribution >= 4 is 34.9 Å². The second-order valence-electron chi connectivity index (χ2n) is 5.96. The van der Waals surface area contributed by atoms with Gasteiger partial charge >= 0.3 is 5.97 Å². The summed E-state index contributed by atoms with van der Waals surface area (Å²) in [6, 6.07) is 19.9. The van der Waals surface area contributed by atoms with Crippen LogP contribution in [-0.4, -0.2) is 23.4 Å². The Morgan fingerprint density at radius 1 is 1.00 bits per heavy atom. The van der Waals surface area contributed by atoms with E-state index in [0.29, 0.717) is 11.1 Å². The maximum atomic E-state index is 12.5. The molecule has 0 spiro atoms.